The molecule has 2 nitrogen and oxygen atoms in total. The SMILES string of the molecule is CC[Si](CC)(OCCC(C#N)c1ccc(F)cc1)C(C)(C)C. The van der Waals surface area contributed by atoms with Gasteiger partial charge in [0.15, 0.2) is 8.32 Å². The van der Waals surface area contributed by atoms with Crippen LogP contribution in [0.15, 0.2) is 24.3 Å². The number of rotatable bonds is 7. The Bertz CT molecular complexity index is 497. The summed E-state index contributed by atoms with van der Waals surface area (Å²) in [5.41, 5.74) is 0.864. The third kappa shape index (κ3) is 4.41. The van der Waals surface area contributed by atoms with Crippen LogP contribution in [-0.2, 0) is 4.43 Å². The topological polar surface area (TPSA) is 33.0 Å². The lowest BCUT2D eigenvalue weighted by atomic mass is 9.98. The minimum atomic E-state index is -1.80. The predicted octanol–water partition coefficient (Wildman–Crippen LogP) is 5.62. The summed E-state index contributed by atoms with van der Waals surface area (Å²) in [6.07, 6.45) is 0.660. The zero-order valence-corrected chi connectivity index (χ0v) is 15.4. The average molecular weight is 322 g/mol. The lowest BCUT2D eigenvalue weighted by molar-refractivity contribution is 0.269. The highest BCUT2D eigenvalue weighted by Gasteiger charge is 2.43. The van der Waals surface area contributed by atoms with Gasteiger partial charge in [0.25, 0.3) is 0 Å². The van der Waals surface area contributed by atoms with E-state index in [1.54, 1.807) is 12.1 Å². The summed E-state index contributed by atoms with van der Waals surface area (Å²) in [5.74, 6) is -0.506. The Morgan fingerprint density at radius 1 is 1.18 bits per heavy atom. The van der Waals surface area contributed by atoms with Crippen molar-refractivity contribution in [2.75, 3.05) is 6.61 Å². The molecule has 0 aromatic heterocycles. The van der Waals surface area contributed by atoms with E-state index in [2.05, 4.69) is 40.7 Å². The summed E-state index contributed by atoms with van der Waals surface area (Å²) in [7, 11) is -1.80. The molecule has 1 aromatic rings. The highest BCUT2D eigenvalue weighted by molar-refractivity contribution is 6.76. The molecule has 0 aliphatic heterocycles. The third-order valence-electron chi connectivity index (χ3n) is 4.72. The van der Waals surface area contributed by atoms with Gasteiger partial charge in [0.1, 0.15) is 5.82 Å². The van der Waals surface area contributed by atoms with Gasteiger partial charge in [-0.15, -0.1) is 0 Å². The molecular weight excluding hydrogens is 293 g/mol. The fourth-order valence-corrected chi connectivity index (χ4v) is 7.08. The van der Waals surface area contributed by atoms with Gasteiger partial charge in [0.05, 0.1) is 12.0 Å². The molecule has 0 aliphatic carbocycles. The Hall–Kier alpha value is -1.18. The van der Waals surface area contributed by atoms with Crippen molar-refractivity contribution in [3.05, 3.63) is 35.6 Å². The third-order valence-corrected chi connectivity index (χ3v) is 10.5. The molecule has 1 atom stereocenters. The van der Waals surface area contributed by atoms with E-state index in [1.807, 2.05) is 0 Å². The second-order valence-corrected chi connectivity index (χ2v) is 12.0. The molecule has 0 radical (unpaired) electrons. The minimum Gasteiger partial charge on any atom is -0.416 e. The first-order chi connectivity index (χ1) is 10.3. The van der Waals surface area contributed by atoms with Crippen molar-refractivity contribution in [2.24, 2.45) is 0 Å². The van der Waals surface area contributed by atoms with Crippen molar-refractivity contribution >= 4 is 8.32 Å². The van der Waals surface area contributed by atoms with E-state index in [0.29, 0.717) is 13.0 Å². The zero-order valence-electron chi connectivity index (χ0n) is 14.4. The summed E-state index contributed by atoms with van der Waals surface area (Å²) in [5, 5.41) is 9.55. The van der Waals surface area contributed by atoms with E-state index < -0.39 is 8.32 Å². The number of nitrogens with zero attached hydrogens (tertiary/aromatic N) is 1. The molecule has 0 spiro atoms. The van der Waals surface area contributed by atoms with E-state index in [9.17, 15) is 9.65 Å². The number of hydrogen-bond acceptors (Lipinski definition) is 2. The number of hydrogen-bond donors (Lipinski definition) is 0. The molecule has 122 valence electrons. The van der Waals surface area contributed by atoms with Gasteiger partial charge in [-0.1, -0.05) is 46.8 Å². The Morgan fingerprint density at radius 2 is 1.73 bits per heavy atom. The van der Waals surface area contributed by atoms with Gasteiger partial charge >= 0.3 is 0 Å². The molecule has 0 N–H and O–H groups in total. The van der Waals surface area contributed by atoms with Crippen molar-refractivity contribution in [2.45, 2.75) is 64.1 Å². The molecule has 0 saturated carbocycles. The van der Waals surface area contributed by atoms with Gasteiger partial charge in [0.2, 0.25) is 0 Å². The maximum atomic E-state index is 13.0. The smallest absolute Gasteiger partial charge is 0.197 e. The second-order valence-electron chi connectivity index (χ2n) is 6.82. The first kappa shape index (κ1) is 18.9. The van der Waals surface area contributed by atoms with Gasteiger partial charge in [-0.3, -0.25) is 0 Å². The minimum absolute atomic E-state index is 0.189. The molecule has 0 amide bonds. The molecule has 0 aliphatic rings. The number of halogens is 1. The lowest BCUT2D eigenvalue weighted by Crippen LogP contribution is -2.46. The van der Waals surface area contributed by atoms with Crippen molar-refractivity contribution in [1.82, 2.24) is 0 Å². The molecule has 1 unspecified atom stereocenters. The molecule has 0 bridgehead atoms. The Morgan fingerprint density at radius 3 is 2.14 bits per heavy atom. The first-order valence-electron chi connectivity index (χ1n) is 8.08. The fraction of sp³-hybridized carbons (Fsp3) is 0.611. The van der Waals surface area contributed by atoms with Crippen LogP contribution in [0.25, 0.3) is 0 Å². The van der Waals surface area contributed by atoms with E-state index >= 15 is 0 Å². The van der Waals surface area contributed by atoms with Crippen LogP contribution in [0.2, 0.25) is 17.1 Å². The molecule has 0 fully saturated rings. The van der Waals surface area contributed by atoms with Gasteiger partial charge in [-0.2, -0.15) is 5.26 Å². The molecule has 0 saturated heterocycles. The highest BCUT2D eigenvalue weighted by Crippen LogP contribution is 2.42. The van der Waals surface area contributed by atoms with Crippen LogP contribution in [0.3, 0.4) is 0 Å². The first-order valence-corrected chi connectivity index (χ1v) is 10.4. The van der Waals surface area contributed by atoms with Crippen LogP contribution >= 0.6 is 0 Å². The normalized spacial score (nSPS) is 13.7. The van der Waals surface area contributed by atoms with Crippen LogP contribution in [-0.4, -0.2) is 14.9 Å². The predicted molar refractivity (Wildman–Crippen MR) is 91.8 cm³/mol. The van der Waals surface area contributed by atoms with Crippen molar-refractivity contribution in [3.8, 4) is 6.07 Å². The number of nitriles is 1. The van der Waals surface area contributed by atoms with Crippen LogP contribution in [0.5, 0.6) is 0 Å². The van der Waals surface area contributed by atoms with Crippen molar-refractivity contribution in [3.63, 3.8) is 0 Å². The Kier molecular flexibility index (Phi) is 6.77. The molecule has 0 heterocycles. The Balaban J connectivity index is 2.71. The Labute approximate surface area is 135 Å². The summed E-state index contributed by atoms with van der Waals surface area (Å²) in [4.78, 5) is 0. The van der Waals surface area contributed by atoms with Crippen LogP contribution < -0.4 is 0 Å². The number of benzene rings is 1. The quantitative estimate of drug-likeness (QED) is 0.610. The maximum Gasteiger partial charge on any atom is 0.197 e. The fourth-order valence-electron chi connectivity index (χ4n) is 3.10. The van der Waals surface area contributed by atoms with Crippen LogP contribution in [0.4, 0.5) is 4.39 Å². The maximum absolute atomic E-state index is 13.0. The molecular formula is C18H28FNOSi. The average Bonchev–Trinajstić information content (AvgIpc) is 2.48. The lowest BCUT2D eigenvalue weighted by Gasteiger charge is -2.41. The summed E-state index contributed by atoms with van der Waals surface area (Å²) < 4.78 is 19.4. The van der Waals surface area contributed by atoms with Crippen LogP contribution in [0.1, 0.15) is 52.5 Å². The molecule has 1 rings (SSSR count). The highest BCUT2D eigenvalue weighted by atomic mass is 28.4. The van der Waals surface area contributed by atoms with Crippen molar-refractivity contribution < 1.29 is 8.82 Å². The van der Waals surface area contributed by atoms with Gasteiger partial charge in [0, 0.05) is 6.61 Å². The van der Waals surface area contributed by atoms with E-state index in [-0.39, 0.29) is 16.8 Å². The van der Waals surface area contributed by atoms with E-state index in [1.165, 1.54) is 12.1 Å². The monoisotopic (exact) mass is 321 g/mol. The molecule has 4 heteroatoms. The molecule has 22 heavy (non-hydrogen) atoms. The second kappa shape index (κ2) is 7.89. The van der Waals surface area contributed by atoms with E-state index in [4.69, 9.17) is 4.43 Å². The summed E-state index contributed by atoms with van der Waals surface area (Å²) >= 11 is 0. The van der Waals surface area contributed by atoms with Crippen LogP contribution in [0, 0.1) is 17.1 Å². The molecule has 1 aromatic carbocycles. The van der Waals surface area contributed by atoms with Crippen molar-refractivity contribution in [1.29, 1.82) is 5.26 Å². The largest absolute Gasteiger partial charge is 0.416 e. The zero-order chi connectivity index (χ0) is 16.8. The standard InChI is InChI=1S/C18H28FNOSi/c1-6-22(7-2,18(3,4)5)21-13-12-16(14-20)15-8-10-17(19)11-9-15/h8-11,16H,6-7,12-13H2,1-5H3. The van der Waals surface area contributed by atoms with E-state index in [0.717, 1.165) is 17.7 Å². The summed E-state index contributed by atoms with van der Waals surface area (Å²) in [6, 6.07) is 10.7. The van der Waals surface area contributed by atoms with Gasteiger partial charge < -0.3 is 4.43 Å². The van der Waals surface area contributed by atoms with Gasteiger partial charge in [-0.05, 0) is 41.2 Å². The summed E-state index contributed by atoms with van der Waals surface area (Å²) in [6.45, 7) is 11.8. The van der Waals surface area contributed by atoms with Gasteiger partial charge in [-0.25, -0.2) is 4.39 Å².